The van der Waals surface area contributed by atoms with E-state index in [1.54, 1.807) is 25.3 Å². The Morgan fingerprint density at radius 3 is 2.37 bits per heavy atom. The van der Waals surface area contributed by atoms with Crippen molar-refractivity contribution in [2.45, 2.75) is 69.7 Å². The van der Waals surface area contributed by atoms with Crippen molar-refractivity contribution in [3.63, 3.8) is 0 Å². The molecule has 0 bridgehead atoms. The number of hydrogen-bond donors (Lipinski definition) is 3. The van der Waals surface area contributed by atoms with Crippen LogP contribution < -0.4 is 18.9 Å². The molecular formula is C31H34O7. The molecule has 1 aliphatic heterocycles. The van der Waals surface area contributed by atoms with E-state index in [9.17, 15) is 15.3 Å². The third-order valence-electron chi connectivity index (χ3n) is 8.17. The zero-order valence-electron chi connectivity index (χ0n) is 21.8. The van der Waals surface area contributed by atoms with Gasteiger partial charge in [-0.1, -0.05) is 12.5 Å². The molecular weight excluding hydrogens is 484 g/mol. The summed E-state index contributed by atoms with van der Waals surface area (Å²) in [6, 6.07) is 10.8. The van der Waals surface area contributed by atoms with Gasteiger partial charge in [0, 0.05) is 29.2 Å². The van der Waals surface area contributed by atoms with Crippen molar-refractivity contribution >= 4 is 0 Å². The summed E-state index contributed by atoms with van der Waals surface area (Å²) < 4.78 is 23.9. The molecule has 1 saturated carbocycles. The van der Waals surface area contributed by atoms with E-state index in [-0.39, 0.29) is 23.4 Å². The van der Waals surface area contributed by atoms with Gasteiger partial charge in [-0.15, -0.1) is 0 Å². The Bertz CT molecular complexity index is 1360. The Morgan fingerprint density at radius 2 is 1.61 bits per heavy atom. The van der Waals surface area contributed by atoms with Crippen LogP contribution in [0, 0.1) is 0 Å². The monoisotopic (exact) mass is 518 g/mol. The van der Waals surface area contributed by atoms with Gasteiger partial charge in [0.1, 0.15) is 17.2 Å². The van der Waals surface area contributed by atoms with Crippen LogP contribution in [-0.4, -0.2) is 41.7 Å². The van der Waals surface area contributed by atoms with Gasteiger partial charge < -0.3 is 34.3 Å². The lowest BCUT2D eigenvalue weighted by atomic mass is 9.80. The molecule has 0 spiro atoms. The highest BCUT2D eigenvalue weighted by Crippen LogP contribution is 2.50. The number of fused-ring (bicyclic) bond motifs is 5. The Kier molecular flexibility index (Phi) is 6.48. The third kappa shape index (κ3) is 4.29. The van der Waals surface area contributed by atoms with E-state index in [1.807, 2.05) is 18.2 Å². The Balaban J connectivity index is 1.38. The molecule has 3 aliphatic rings. The van der Waals surface area contributed by atoms with Crippen molar-refractivity contribution in [2.75, 3.05) is 14.2 Å². The summed E-state index contributed by atoms with van der Waals surface area (Å²) in [6.45, 7) is 0. The maximum Gasteiger partial charge on any atom is 0.200 e. The lowest BCUT2D eigenvalue weighted by Gasteiger charge is -2.35. The average molecular weight is 519 g/mol. The highest BCUT2D eigenvalue weighted by molar-refractivity contribution is 5.82. The molecule has 1 fully saturated rings. The van der Waals surface area contributed by atoms with Crippen molar-refractivity contribution in [1.29, 1.82) is 0 Å². The molecule has 2 aliphatic carbocycles. The van der Waals surface area contributed by atoms with E-state index in [2.05, 4.69) is 0 Å². The van der Waals surface area contributed by atoms with Crippen LogP contribution in [0.15, 0.2) is 36.4 Å². The van der Waals surface area contributed by atoms with Gasteiger partial charge in [-0.05, 0) is 79.5 Å². The van der Waals surface area contributed by atoms with Crippen LogP contribution in [0.4, 0.5) is 0 Å². The zero-order chi connectivity index (χ0) is 26.4. The van der Waals surface area contributed by atoms with Crippen LogP contribution in [0.3, 0.4) is 0 Å². The smallest absolute Gasteiger partial charge is 0.200 e. The average Bonchev–Trinajstić information content (AvgIpc) is 2.93. The molecule has 38 heavy (non-hydrogen) atoms. The Morgan fingerprint density at radius 1 is 0.842 bits per heavy atom. The van der Waals surface area contributed by atoms with Gasteiger partial charge in [0.25, 0.3) is 0 Å². The lowest BCUT2D eigenvalue weighted by Crippen LogP contribution is -2.31. The van der Waals surface area contributed by atoms with Gasteiger partial charge in [0.2, 0.25) is 5.75 Å². The van der Waals surface area contributed by atoms with Crippen molar-refractivity contribution in [3.8, 4) is 45.6 Å². The zero-order valence-corrected chi connectivity index (χ0v) is 21.8. The number of phenolic OH excluding ortho intramolecular Hbond substituents is 2. The first-order chi connectivity index (χ1) is 18.5. The summed E-state index contributed by atoms with van der Waals surface area (Å²) in [5, 5.41) is 32.1. The molecule has 6 rings (SSSR count). The number of aryl methyl sites for hydroxylation is 1. The predicted octanol–water partition coefficient (Wildman–Crippen LogP) is 5.63. The molecule has 7 nitrogen and oxygen atoms in total. The molecule has 0 radical (unpaired) electrons. The maximum absolute atomic E-state index is 11.3. The van der Waals surface area contributed by atoms with Gasteiger partial charge in [-0.3, -0.25) is 0 Å². The summed E-state index contributed by atoms with van der Waals surface area (Å²) in [7, 11) is 3.15. The van der Waals surface area contributed by atoms with Gasteiger partial charge in [0.15, 0.2) is 17.6 Å². The van der Waals surface area contributed by atoms with E-state index in [0.717, 1.165) is 66.3 Å². The van der Waals surface area contributed by atoms with Gasteiger partial charge >= 0.3 is 0 Å². The number of rotatable bonds is 5. The van der Waals surface area contributed by atoms with Crippen LogP contribution in [0.5, 0.6) is 34.5 Å². The van der Waals surface area contributed by atoms with Crippen molar-refractivity contribution in [1.82, 2.24) is 0 Å². The number of aliphatic hydroxyl groups is 1. The topological polar surface area (TPSA) is 97.6 Å². The maximum atomic E-state index is 11.3. The van der Waals surface area contributed by atoms with E-state index < -0.39 is 12.2 Å². The fourth-order valence-corrected chi connectivity index (χ4v) is 6.27. The summed E-state index contributed by atoms with van der Waals surface area (Å²) in [6.07, 6.45) is 5.88. The van der Waals surface area contributed by atoms with Crippen molar-refractivity contribution in [2.24, 2.45) is 0 Å². The van der Waals surface area contributed by atoms with E-state index in [4.69, 9.17) is 18.9 Å². The van der Waals surface area contributed by atoms with Crippen molar-refractivity contribution < 1.29 is 34.3 Å². The van der Waals surface area contributed by atoms with Crippen LogP contribution in [0.1, 0.15) is 60.5 Å². The van der Waals surface area contributed by atoms with Crippen LogP contribution in [0.25, 0.3) is 11.1 Å². The van der Waals surface area contributed by atoms with Gasteiger partial charge in [-0.2, -0.15) is 0 Å². The first-order valence-electron chi connectivity index (χ1n) is 13.4. The van der Waals surface area contributed by atoms with E-state index in [0.29, 0.717) is 29.2 Å². The molecule has 0 unspecified atom stereocenters. The number of aromatic hydroxyl groups is 2. The fraction of sp³-hybridized carbons (Fsp3) is 0.419. The van der Waals surface area contributed by atoms with E-state index >= 15 is 0 Å². The second-order valence-electron chi connectivity index (χ2n) is 10.5. The second-order valence-corrected chi connectivity index (χ2v) is 10.5. The summed E-state index contributed by atoms with van der Waals surface area (Å²) in [5.41, 5.74) is 5.88. The van der Waals surface area contributed by atoms with Gasteiger partial charge in [0.05, 0.1) is 26.4 Å². The molecule has 0 saturated heterocycles. The standard InChI is InChI=1S/C31H34O7/c1-35-26-16-25-23(22-10-8-17-12-19(32)9-11-21(17)29(22)26)15-24(33)31(38-25)18-13-27(36-2)30(34)28(14-18)37-20-6-4-3-5-7-20/h9,11-14,16,20,24,31-34H,3-8,10,15H2,1-2H3/t24-,31+/m1/s1. The molecule has 3 aromatic carbocycles. The molecule has 2 atom stereocenters. The van der Waals surface area contributed by atoms with Gasteiger partial charge in [-0.25, -0.2) is 0 Å². The molecule has 200 valence electrons. The fourth-order valence-electron chi connectivity index (χ4n) is 6.27. The number of methoxy groups -OCH3 is 2. The molecule has 0 amide bonds. The lowest BCUT2D eigenvalue weighted by molar-refractivity contribution is 0.0199. The SMILES string of the molecule is COc1cc([C@@H]2Oc3cc(OC)c4c(c3C[C@H]2O)CCc2cc(O)ccc2-4)cc(OC2CCCCC2)c1O. The molecule has 7 heteroatoms. The number of benzene rings is 3. The Hall–Kier alpha value is -3.58. The second kappa shape index (κ2) is 9.95. The highest BCUT2D eigenvalue weighted by Gasteiger charge is 2.36. The number of phenols is 2. The van der Waals surface area contributed by atoms with Crippen molar-refractivity contribution in [3.05, 3.63) is 58.7 Å². The predicted molar refractivity (Wildman–Crippen MR) is 143 cm³/mol. The minimum atomic E-state index is -0.807. The summed E-state index contributed by atoms with van der Waals surface area (Å²) in [4.78, 5) is 0. The Labute approximate surface area is 222 Å². The molecule has 3 N–H and O–H groups in total. The third-order valence-corrected chi connectivity index (χ3v) is 8.17. The molecule has 3 aromatic rings. The van der Waals surface area contributed by atoms with Crippen LogP contribution in [-0.2, 0) is 19.3 Å². The summed E-state index contributed by atoms with van der Waals surface area (Å²) in [5.74, 6) is 2.24. The number of aliphatic hydroxyl groups excluding tert-OH is 1. The molecule has 0 aromatic heterocycles. The first kappa shape index (κ1) is 24.7. The quantitative estimate of drug-likeness (QED) is 0.403. The van der Waals surface area contributed by atoms with Crippen LogP contribution in [0.2, 0.25) is 0 Å². The number of hydrogen-bond acceptors (Lipinski definition) is 7. The highest BCUT2D eigenvalue weighted by atomic mass is 16.5. The minimum Gasteiger partial charge on any atom is -0.508 e. The normalized spacial score (nSPS) is 20.5. The number of ether oxygens (including phenoxy) is 4. The summed E-state index contributed by atoms with van der Waals surface area (Å²) >= 11 is 0. The molecule has 1 heterocycles. The first-order valence-corrected chi connectivity index (χ1v) is 13.4. The minimum absolute atomic E-state index is 0.0343. The van der Waals surface area contributed by atoms with E-state index in [1.165, 1.54) is 13.5 Å². The largest absolute Gasteiger partial charge is 0.508 e. The van der Waals surface area contributed by atoms with Crippen LogP contribution >= 0.6 is 0 Å².